The number of nitrogens with one attached hydrogen (secondary N) is 1. The first-order chi connectivity index (χ1) is 9.56. The second-order valence-corrected chi connectivity index (χ2v) is 6.09. The van der Waals surface area contributed by atoms with Crippen LogP contribution in [-0.2, 0) is 6.42 Å². The molecule has 1 unspecified atom stereocenters. The minimum atomic E-state index is -0.444. The van der Waals surface area contributed by atoms with Crippen LogP contribution in [0.1, 0.15) is 23.6 Å². The first-order valence-corrected chi connectivity index (χ1v) is 7.41. The van der Waals surface area contributed by atoms with Gasteiger partial charge in [-0.3, -0.25) is 0 Å². The summed E-state index contributed by atoms with van der Waals surface area (Å²) in [5.41, 5.74) is 1.63. The fraction of sp³-hybridized carbons (Fsp3) is 0.200. The standard InChI is InChI=1S/C15H11BrClF2N/c16-11-7-12(18)15-10(14(11)19)4-5-13(20-15)8-2-1-3-9(17)6-8/h1-3,6-7,13,20H,4-5H2. The van der Waals surface area contributed by atoms with Crippen LogP contribution in [0, 0.1) is 11.6 Å². The van der Waals surface area contributed by atoms with Crippen molar-refractivity contribution in [3.8, 4) is 0 Å². The molecule has 2 aromatic carbocycles. The van der Waals surface area contributed by atoms with Crippen molar-refractivity contribution in [1.82, 2.24) is 0 Å². The summed E-state index contributed by atoms with van der Waals surface area (Å²) in [5, 5.41) is 3.72. The van der Waals surface area contributed by atoms with Gasteiger partial charge >= 0.3 is 0 Å². The third kappa shape index (κ3) is 2.42. The highest BCUT2D eigenvalue weighted by Crippen LogP contribution is 2.38. The van der Waals surface area contributed by atoms with Crippen LogP contribution in [0.3, 0.4) is 0 Å². The predicted octanol–water partition coefficient (Wildman–Crippen LogP) is 5.48. The van der Waals surface area contributed by atoms with E-state index in [4.69, 9.17) is 11.6 Å². The maximum Gasteiger partial charge on any atom is 0.147 e. The van der Waals surface area contributed by atoms with Crippen LogP contribution in [0.5, 0.6) is 0 Å². The van der Waals surface area contributed by atoms with E-state index in [1.165, 1.54) is 0 Å². The monoisotopic (exact) mass is 357 g/mol. The van der Waals surface area contributed by atoms with Crippen LogP contribution < -0.4 is 5.32 Å². The van der Waals surface area contributed by atoms with Crippen LogP contribution in [-0.4, -0.2) is 0 Å². The molecule has 0 bridgehead atoms. The van der Waals surface area contributed by atoms with Crippen molar-refractivity contribution in [2.45, 2.75) is 18.9 Å². The topological polar surface area (TPSA) is 12.0 Å². The van der Waals surface area contributed by atoms with Crippen LogP contribution in [0.4, 0.5) is 14.5 Å². The molecule has 0 saturated carbocycles. The molecule has 0 saturated heterocycles. The Morgan fingerprint density at radius 2 is 2.05 bits per heavy atom. The van der Waals surface area contributed by atoms with E-state index < -0.39 is 11.6 Å². The largest absolute Gasteiger partial charge is 0.376 e. The average molecular weight is 359 g/mol. The third-order valence-electron chi connectivity index (χ3n) is 3.52. The van der Waals surface area contributed by atoms with Crippen molar-refractivity contribution >= 4 is 33.2 Å². The van der Waals surface area contributed by atoms with Crippen molar-refractivity contribution in [1.29, 1.82) is 0 Å². The van der Waals surface area contributed by atoms with E-state index in [9.17, 15) is 8.78 Å². The molecule has 0 radical (unpaired) electrons. The average Bonchev–Trinajstić information content (AvgIpc) is 2.44. The Morgan fingerprint density at radius 3 is 2.80 bits per heavy atom. The van der Waals surface area contributed by atoms with Gasteiger partial charge in [0.1, 0.15) is 11.6 Å². The Morgan fingerprint density at radius 1 is 1.25 bits per heavy atom. The van der Waals surface area contributed by atoms with E-state index in [0.29, 0.717) is 23.4 Å². The number of rotatable bonds is 1. The molecule has 1 aliphatic rings. The SMILES string of the molecule is Fc1cc(Br)c(F)c2c1NC(c1cccc(Cl)c1)CC2. The highest BCUT2D eigenvalue weighted by Gasteiger charge is 2.26. The van der Waals surface area contributed by atoms with E-state index in [2.05, 4.69) is 21.2 Å². The van der Waals surface area contributed by atoms with E-state index in [1.807, 2.05) is 18.2 Å². The van der Waals surface area contributed by atoms with Gasteiger partial charge in [0.15, 0.2) is 0 Å². The summed E-state index contributed by atoms with van der Waals surface area (Å²) in [7, 11) is 0. The number of fused-ring (bicyclic) bond motifs is 1. The molecule has 0 aromatic heterocycles. The zero-order valence-corrected chi connectivity index (χ0v) is 12.7. The second-order valence-electron chi connectivity index (χ2n) is 4.80. The Hall–Kier alpha value is -1.13. The van der Waals surface area contributed by atoms with Crippen LogP contribution in [0.2, 0.25) is 5.02 Å². The van der Waals surface area contributed by atoms with Gasteiger partial charge < -0.3 is 5.32 Å². The summed E-state index contributed by atoms with van der Waals surface area (Å²) >= 11 is 9.01. The lowest BCUT2D eigenvalue weighted by molar-refractivity contribution is 0.552. The number of anilines is 1. The first-order valence-electron chi connectivity index (χ1n) is 6.24. The van der Waals surface area contributed by atoms with Gasteiger partial charge in [-0.05, 0) is 52.5 Å². The summed E-state index contributed by atoms with van der Waals surface area (Å²) in [6, 6.07) is 8.52. The Kier molecular flexibility index (Phi) is 3.69. The lowest BCUT2D eigenvalue weighted by Gasteiger charge is -2.28. The molecule has 3 rings (SSSR count). The summed E-state index contributed by atoms with van der Waals surface area (Å²) in [6.45, 7) is 0. The highest BCUT2D eigenvalue weighted by atomic mass is 79.9. The number of hydrogen-bond acceptors (Lipinski definition) is 1. The first kappa shape index (κ1) is 13.8. The fourth-order valence-electron chi connectivity index (χ4n) is 2.54. The molecule has 0 fully saturated rings. The third-order valence-corrected chi connectivity index (χ3v) is 4.33. The van der Waals surface area contributed by atoms with Crippen molar-refractivity contribution in [2.24, 2.45) is 0 Å². The van der Waals surface area contributed by atoms with E-state index in [0.717, 1.165) is 11.6 Å². The molecule has 104 valence electrons. The van der Waals surface area contributed by atoms with Gasteiger partial charge in [0, 0.05) is 10.6 Å². The van der Waals surface area contributed by atoms with Gasteiger partial charge in [0.2, 0.25) is 0 Å². The normalized spacial score (nSPS) is 17.5. The molecule has 5 heteroatoms. The van der Waals surface area contributed by atoms with Gasteiger partial charge in [-0.1, -0.05) is 23.7 Å². The van der Waals surface area contributed by atoms with Crippen molar-refractivity contribution in [3.05, 3.63) is 62.6 Å². The minimum absolute atomic E-state index is 0.0590. The van der Waals surface area contributed by atoms with Crippen LogP contribution in [0.25, 0.3) is 0 Å². The molecule has 1 heterocycles. The van der Waals surface area contributed by atoms with E-state index in [1.54, 1.807) is 6.07 Å². The van der Waals surface area contributed by atoms with E-state index in [-0.39, 0.29) is 16.2 Å². The Bertz CT molecular complexity index is 675. The number of halogens is 4. The van der Waals surface area contributed by atoms with Crippen molar-refractivity contribution in [2.75, 3.05) is 5.32 Å². The molecule has 1 atom stereocenters. The fourth-order valence-corrected chi connectivity index (χ4v) is 3.18. The highest BCUT2D eigenvalue weighted by molar-refractivity contribution is 9.10. The van der Waals surface area contributed by atoms with Crippen LogP contribution in [0.15, 0.2) is 34.8 Å². The zero-order valence-electron chi connectivity index (χ0n) is 10.4. The molecule has 0 aliphatic carbocycles. The molecular weight excluding hydrogens is 348 g/mol. The zero-order chi connectivity index (χ0) is 14.3. The van der Waals surface area contributed by atoms with Gasteiger partial charge in [-0.25, -0.2) is 8.78 Å². The summed E-state index contributed by atoms with van der Waals surface area (Å²) in [6.07, 6.45) is 1.18. The van der Waals surface area contributed by atoms with Gasteiger partial charge in [0.05, 0.1) is 16.2 Å². The molecular formula is C15H11BrClF2N. The molecule has 1 aliphatic heterocycles. The predicted molar refractivity (Wildman–Crippen MR) is 80.2 cm³/mol. The Balaban J connectivity index is 1.98. The lowest BCUT2D eigenvalue weighted by Crippen LogP contribution is -2.20. The Labute approximate surface area is 129 Å². The molecule has 20 heavy (non-hydrogen) atoms. The molecule has 1 N–H and O–H groups in total. The van der Waals surface area contributed by atoms with Crippen molar-refractivity contribution < 1.29 is 8.78 Å². The van der Waals surface area contributed by atoms with E-state index >= 15 is 0 Å². The van der Waals surface area contributed by atoms with Crippen molar-refractivity contribution in [3.63, 3.8) is 0 Å². The molecule has 2 aromatic rings. The maximum absolute atomic E-state index is 14.0. The molecule has 1 nitrogen and oxygen atoms in total. The maximum atomic E-state index is 14.0. The van der Waals surface area contributed by atoms with Gasteiger partial charge in [-0.2, -0.15) is 0 Å². The molecule has 0 spiro atoms. The minimum Gasteiger partial charge on any atom is -0.376 e. The summed E-state index contributed by atoms with van der Waals surface area (Å²) in [4.78, 5) is 0. The van der Waals surface area contributed by atoms with Gasteiger partial charge in [-0.15, -0.1) is 0 Å². The lowest BCUT2D eigenvalue weighted by atomic mass is 9.93. The number of hydrogen-bond donors (Lipinski definition) is 1. The van der Waals surface area contributed by atoms with Crippen LogP contribution >= 0.6 is 27.5 Å². The summed E-state index contributed by atoms with van der Waals surface area (Å²) in [5.74, 6) is -0.835. The van der Waals surface area contributed by atoms with Gasteiger partial charge in [0.25, 0.3) is 0 Å². The smallest absolute Gasteiger partial charge is 0.147 e. The molecule has 0 amide bonds. The second kappa shape index (κ2) is 5.34. The summed E-state index contributed by atoms with van der Waals surface area (Å²) < 4.78 is 28.1. The number of benzene rings is 2. The quantitative estimate of drug-likeness (QED) is 0.666.